The van der Waals surface area contributed by atoms with Crippen LogP contribution in [-0.4, -0.2) is 31.4 Å². The maximum atomic E-state index is 12.0. The SMILES string of the molecule is O=C(NC1CCNCC1)c1ccc(OC(F)(F)F)cc1. The number of nitrogens with one attached hydrogen (secondary N) is 2. The lowest BCUT2D eigenvalue weighted by Gasteiger charge is -2.23. The van der Waals surface area contributed by atoms with Crippen molar-refractivity contribution in [2.24, 2.45) is 0 Å². The van der Waals surface area contributed by atoms with Gasteiger partial charge in [-0.15, -0.1) is 13.2 Å². The van der Waals surface area contributed by atoms with Crippen molar-refractivity contribution in [2.45, 2.75) is 25.2 Å². The number of carbonyl (C=O) groups is 1. The summed E-state index contributed by atoms with van der Waals surface area (Å²) >= 11 is 0. The number of amides is 1. The fourth-order valence-corrected chi connectivity index (χ4v) is 2.04. The number of piperidine rings is 1. The Balaban J connectivity index is 1.93. The zero-order chi connectivity index (χ0) is 14.6. The van der Waals surface area contributed by atoms with E-state index in [-0.39, 0.29) is 17.7 Å². The van der Waals surface area contributed by atoms with Gasteiger partial charge in [0.15, 0.2) is 0 Å². The van der Waals surface area contributed by atoms with Gasteiger partial charge in [0, 0.05) is 11.6 Å². The predicted molar refractivity (Wildman–Crippen MR) is 66.5 cm³/mol. The van der Waals surface area contributed by atoms with Crippen molar-refractivity contribution in [3.05, 3.63) is 29.8 Å². The standard InChI is InChI=1S/C13H15F3N2O2/c14-13(15,16)20-11-3-1-9(2-4-11)12(19)18-10-5-7-17-8-6-10/h1-4,10,17H,5-8H2,(H,18,19). The van der Waals surface area contributed by atoms with Crippen LogP contribution in [0.4, 0.5) is 13.2 Å². The minimum absolute atomic E-state index is 0.106. The molecular formula is C13H15F3N2O2. The lowest BCUT2D eigenvalue weighted by molar-refractivity contribution is -0.274. The molecule has 0 spiro atoms. The Hall–Kier alpha value is -1.76. The van der Waals surface area contributed by atoms with E-state index in [2.05, 4.69) is 15.4 Å². The summed E-state index contributed by atoms with van der Waals surface area (Å²) in [5, 5.41) is 6.04. The molecule has 1 heterocycles. The first-order chi connectivity index (χ1) is 9.44. The molecule has 0 aromatic heterocycles. The number of hydrogen-bond acceptors (Lipinski definition) is 3. The van der Waals surface area contributed by atoms with Gasteiger partial charge in [-0.2, -0.15) is 0 Å². The van der Waals surface area contributed by atoms with Crippen LogP contribution in [0.15, 0.2) is 24.3 Å². The van der Waals surface area contributed by atoms with Gasteiger partial charge in [-0.3, -0.25) is 4.79 Å². The molecule has 0 aliphatic carbocycles. The van der Waals surface area contributed by atoms with Crippen molar-refractivity contribution in [1.29, 1.82) is 0 Å². The van der Waals surface area contributed by atoms with Crippen LogP contribution < -0.4 is 15.4 Å². The molecule has 1 aliphatic rings. The first kappa shape index (κ1) is 14.6. The van der Waals surface area contributed by atoms with Gasteiger partial charge in [0.05, 0.1) is 0 Å². The quantitative estimate of drug-likeness (QED) is 0.895. The lowest BCUT2D eigenvalue weighted by Crippen LogP contribution is -2.42. The molecule has 1 aliphatic heterocycles. The summed E-state index contributed by atoms with van der Waals surface area (Å²) < 4.78 is 39.8. The summed E-state index contributed by atoms with van der Waals surface area (Å²) in [5.74, 6) is -0.619. The van der Waals surface area contributed by atoms with E-state index in [9.17, 15) is 18.0 Å². The molecule has 110 valence electrons. The van der Waals surface area contributed by atoms with Crippen molar-refractivity contribution >= 4 is 5.91 Å². The lowest BCUT2D eigenvalue weighted by atomic mass is 10.1. The number of ether oxygens (including phenoxy) is 1. The Morgan fingerprint density at radius 3 is 2.35 bits per heavy atom. The molecule has 1 aromatic rings. The number of alkyl halides is 3. The number of halogens is 3. The fraction of sp³-hybridized carbons (Fsp3) is 0.462. The van der Waals surface area contributed by atoms with E-state index in [0.29, 0.717) is 5.56 Å². The second-order valence-electron chi connectivity index (χ2n) is 4.57. The summed E-state index contributed by atoms with van der Waals surface area (Å²) in [6, 6.07) is 5.00. The number of benzene rings is 1. The largest absolute Gasteiger partial charge is 0.573 e. The fourth-order valence-electron chi connectivity index (χ4n) is 2.04. The van der Waals surface area contributed by atoms with Crippen LogP contribution >= 0.6 is 0 Å². The van der Waals surface area contributed by atoms with Crippen LogP contribution in [0.3, 0.4) is 0 Å². The molecule has 1 aromatic carbocycles. The Kier molecular flexibility index (Phi) is 4.49. The first-order valence-electron chi connectivity index (χ1n) is 6.31. The van der Waals surface area contributed by atoms with Gasteiger partial charge in [0.1, 0.15) is 5.75 Å². The zero-order valence-electron chi connectivity index (χ0n) is 10.7. The Morgan fingerprint density at radius 1 is 1.20 bits per heavy atom. The highest BCUT2D eigenvalue weighted by Gasteiger charge is 2.31. The molecule has 0 radical (unpaired) electrons. The van der Waals surface area contributed by atoms with Crippen molar-refractivity contribution in [2.75, 3.05) is 13.1 Å². The molecule has 2 rings (SSSR count). The predicted octanol–water partition coefficient (Wildman–Crippen LogP) is 2.07. The summed E-state index contributed by atoms with van der Waals surface area (Å²) in [4.78, 5) is 11.9. The molecule has 2 N–H and O–H groups in total. The molecule has 0 bridgehead atoms. The van der Waals surface area contributed by atoms with Gasteiger partial charge < -0.3 is 15.4 Å². The average molecular weight is 288 g/mol. The van der Waals surface area contributed by atoms with Gasteiger partial charge in [-0.1, -0.05) is 0 Å². The summed E-state index contributed by atoms with van der Waals surface area (Å²) in [6.45, 7) is 1.70. The molecule has 1 amide bonds. The maximum absolute atomic E-state index is 12.0. The van der Waals surface area contributed by atoms with E-state index >= 15 is 0 Å². The highest BCUT2D eigenvalue weighted by molar-refractivity contribution is 5.94. The molecule has 20 heavy (non-hydrogen) atoms. The third kappa shape index (κ3) is 4.41. The highest BCUT2D eigenvalue weighted by Crippen LogP contribution is 2.22. The molecule has 4 nitrogen and oxygen atoms in total. The molecular weight excluding hydrogens is 273 g/mol. The van der Waals surface area contributed by atoms with Gasteiger partial charge in [-0.25, -0.2) is 0 Å². The van der Waals surface area contributed by atoms with E-state index in [4.69, 9.17) is 0 Å². The average Bonchev–Trinajstić information content (AvgIpc) is 2.39. The molecule has 1 saturated heterocycles. The monoisotopic (exact) mass is 288 g/mol. The van der Waals surface area contributed by atoms with Gasteiger partial charge >= 0.3 is 6.36 Å². The second-order valence-corrected chi connectivity index (χ2v) is 4.57. The van der Waals surface area contributed by atoms with Crippen molar-refractivity contribution < 1.29 is 22.7 Å². The van der Waals surface area contributed by atoms with E-state index < -0.39 is 6.36 Å². The Labute approximate surface area is 114 Å². The van der Waals surface area contributed by atoms with Gasteiger partial charge in [0.25, 0.3) is 5.91 Å². The van der Waals surface area contributed by atoms with Gasteiger partial charge in [0.2, 0.25) is 0 Å². The minimum atomic E-state index is -4.72. The second kappa shape index (κ2) is 6.13. The molecule has 7 heteroatoms. The van der Waals surface area contributed by atoms with Crippen LogP contribution in [0.1, 0.15) is 23.2 Å². The van der Waals surface area contributed by atoms with E-state index in [1.807, 2.05) is 0 Å². The summed E-state index contributed by atoms with van der Waals surface area (Å²) in [6.07, 6.45) is -3.03. The number of carbonyl (C=O) groups excluding carboxylic acids is 1. The number of hydrogen-bond donors (Lipinski definition) is 2. The van der Waals surface area contributed by atoms with Crippen LogP contribution in [0.5, 0.6) is 5.75 Å². The minimum Gasteiger partial charge on any atom is -0.406 e. The molecule has 0 saturated carbocycles. The van der Waals surface area contributed by atoms with Crippen molar-refractivity contribution in [1.82, 2.24) is 10.6 Å². The first-order valence-corrected chi connectivity index (χ1v) is 6.31. The smallest absolute Gasteiger partial charge is 0.406 e. The Bertz CT molecular complexity index is 454. The van der Waals surface area contributed by atoms with Crippen LogP contribution in [0, 0.1) is 0 Å². The third-order valence-electron chi connectivity index (χ3n) is 3.02. The zero-order valence-corrected chi connectivity index (χ0v) is 10.7. The number of rotatable bonds is 3. The molecule has 0 unspecified atom stereocenters. The molecule has 0 atom stereocenters. The Morgan fingerprint density at radius 2 is 1.80 bits per heavy atom. The van der Waals surface area contributed by atoms with Gasteiger partial charge in [-0.05, 0) is 50.2 Å². The highest BCUT2D eigenvalue weighted by atomic mass is 19.4. The normalized spacial score (nSPS) is 16.8. The maximum Gasteiger partial charge on any atom is 0.573 e. The van der Waals surface area contributed by atoms with Crippen LogP contribution in [0.2, 0.25) is 0 Å². The van der Waals surface area contributed by atoms with Crippen LogP contribution in [0.25, 0.3) is 0 Å². The summed E-state index contributed by atoms with van der Waals surface area (Å²) in [7, 11) is 0. The summed E-state index contributed by atoms with van der Waals surface area (Å²) in [5.41, 5.74) is 0.318. The van der Waals surface area contributed by atoms with Crippen molar-refractivity contribution in [3.63, 3.8) is 0 Å². The topological polar surface area (TPSA) is 50.4 Å². The van der Waals surface area contributed by atoms with Crippen molar-refractivity contribution in [3.8, 4) is 5.75 Å². The third-order valence-corrected chi connectivity index (χ3v) is 3.02. The molecule has 1 fully saturated rings. The van der Waals surface area contributed by atoms with E-state index in [1.165, 1.54) is 12.1 Å². The van der Waals surface area contributed by atoms with E-state index in [0.717, 1.165) is 38.1 Å². The van der Waals surface area contributed by atoms with E-state index in [1.54, 1.807) is 0 Å². The van der Waals surface area contributed by atoms with Crippen LogP contribution in [-0.2, 0) is 0 Å².